The smallest absolute Gasteiger partial charge is 0.332 e. The number of fused-ring (bicyclic) bond motifs is 3. The van der Waals surface area contributed by atoms with Crippen molar-refractivity contribution >= 4 is 11.7 Å². The lowest BCUT2D eigenvalue weighted by atomic mass is 9.54. The van der Waals surface area contributed by atoms with Crippen LogP contribution in [0.3, 0.4) is 0 Å². The second-order valence-corrected chi connectivity index (χ2v) is 8.24. The van der Waals surface area contributed by atoms with Crippen LogP contribution >= 0.6 is 0 Å². The van der Waals surface area contributed by atoms with Gasteiger partial charge in [0.25, 0.3) is 0 Å². The fraction of sp³-hybridized carbons (Fsp3) is 0.765. The van der Waals surface area contributed by atoms with Crippen LogP contribution in [0.2, 0.25) is 0 Å². The van der Waals surface area contributed by atoms with Crippen LogP contribution < -0.4 is 11.2 Å². The summed E-state index contributed by atoms with van der Waals surface area (Å²) in [4.78, 5) is 11.0. The Kier molecular flexibility index (Phi) is 3.59. The number of amides is 2. The standard InChI is InChI=1S/C17H27N3O2/c1-10-4-12-8-16(3)6-11(2)7-17(22,9-16)14(12)13(5-10)19-20-15(18)21/h10-11,22H,4-9H2,1-3H3,(H3,18,20,21)/b19-13+. The van der Waals surface area contributed by atoms with E-state index < -0.39 is 11.6 Å². The van der Waals surface area contributed by atoms with Crippen molar-refractivity contribution in [3.8, 4) is 0 Å². The van der Waals surface area contributed by atoms with E-state index in [9.17, 15) is 9.90 Å². The van der Waals surface area contributed by atoms with Gasteiger partial charge in [0.1, 0.15) is 0 Å². The van der Waals surface area contributed by atoms with Crippen LogP contribution in [0.15, 0.2) is 16.2 Å². The number of aliphatic hydroxyl groups is 1. The number of carbonyl (C=O) groups excluding carboxylic acids is 1. The Hall–Kier alpha value is -1.36. The van der Waals surface area contributed by atoms with Crippen LogP contribution in [-0.4, -0.2) is 22.5 Å². The summed E-state index contributed by atoms with van der Waals surface area (Å²) < 4.78 is 0. The van der Waals surface area contributed by atoms with Crippen molar-refractivity contribution in [2.24, 2.45) is 28.1 Å². The molecule has 0 saturated heterocycles. The Morgan fingerprint density at radius 2 is 2.05 bits per heavy atom. The molecular weight excluding hydrogens is 278 g/mol. The van der Waals surface area contributed by atoms with E-state index in [1.807, 2.05) is 0 Å². The minimum absolute atomic E-state index is 0.185. The predicted octanol–water partition coefficient (Wildman–Crippen LogP) is 2.70. The quantitative estimate of drug-likeness (QED) is 0.650. The highest BCUT2D eigenvalue weighted by molar-refractivity contribution is 6.04. The van der Waals surface area contributed by atoms with Crippen LogP contribution in [0.1, 0.15) is 59.3 Å². The minimum atomic E-state index is -0.793. The van der Waals surface area contributed by atoms with Crippen molar-refractivity contribution in [1.29, 1.82) is 0 Å². The van der Waals surface area contributed by atoms with Gasteiger partial charge >= 0.3 is 6.03 Å². The van der Waals surface area contributed by atoms with Crippen LogP contribution in [-0.2, 0) is 0 Å². The van der Waals surface area contributed by atoms with Gasteiger partial charge in [0.2, 0.25) is 0 Å². The van der Waals surface area contributed by atoms with Crippen molar-refractivity contribution < 1.29 is 9.90 Å². The van der Waals surface area contributed by atoms with Gasteiger partial charge in [0.05, 0.1) is 11.3 Å². The Morgan fingerprint density at radius 1 is 1.32 bits per heavy atom. The maximum atomic E-state index is 11.4. The van der Waals surface area contributed by atoms with E-state index in [-0.39, 0.29) is 5.41 Å². The lowest BCUT2D eigenvalue weighted by Crippen LogP contribution is -2.51. The summed E-state index contributed by atoms with van der Waals surface area (Å²) in [5, 5.41) is 15.6. The Bertz CT molecular complexity index is 568. The zero-order chi connectivity index (χ0) is 16.1. The van der Waals surface area contributed by atoms with E-state index >= 15 is 0 Å². The van der Waals surface area contributed by atoms with Gasteiger partial charge in [-0.15, -0.1) is 0 Å². The second-order valence-electron chi connectivity index (χ2n) is 8.24. The third-order valence-corrected chi connectivity index (χ3v) is 5.43. The van der Waals surface area contributed by atoms with Gasteiger partial charge in [-0.25, -0.2) is 10.2 Å². The first-order valence-corrected chi connectivity index (χ1v) is 8.28. The van der Waals surface area contributed by atoms with Crippen LogP contribution in [0.4, 0.5) is 4.79 Å². The first-order valence-electron chi connectivity index (χ1n) is 8.28. The van der Waals surface area contributed by atoms with Crippen LogP contribution in [0.5, 0.6) is 0 Å². The molecule has 0 aromatic heterocycles. The number of nitrogens with two attached hydrogens (primary N) is 1. The van der Waals surface area contributed by atoms with E-state index in [1.54, 1.807) is 0 Å². The fourth-order valence-corrected chi connectivity index (χ4v) is 5.39. The molecule has 4 unspecified atom stereocenters. The van der Waals surface area contributed by atoms with Crippen molar-refractivity contribution in [3.63, 3.8) is 0 Å². The lowest BCUT2D eigenvalue weighted by molar-refractivity contribution is -0.0449. The molecule has 22 heavy (non-hydrogen) atoms. The lowest BCUT2D eigenvalue weighted by Gasteiger charge is -2.54. The molecule has 1 saturated carbocycles. The Morgan fingerprint density at radius 3 is 2.73 bits per heavy atom. The first-order chi connectivity index (χ1) is 10.2. The van der Waals surface area contributed by atoms with Gasteiger partial charge in [0.15, 0.2) is 0 Å². The average molecular weight is 305 g/mol. The highest BCUT2D eigenvalue weighted by atomic mass is 16.3. The molecule has 3 rings (SSSR count). The molecule has 4 atom stereocenters. The van der Waals surface area contributed by atoms with Gasteiger partial charge < -0.3 is 10.8 Å². The normalized spacial score (nSPS) is 43.0. The molecule has 3 aliphatic carbocycles. The molecule has 0 aliphatic heterocycles. The van der Waals surface area contributed by atoms with Gasteiger partial charge in [-0.1, -0.05) is 26.3 Å². The summed E-state index contributed by atoms with van der Waals surface area (Å²) in [6.45, 7) is 6.72. The zero-order valence-electron chi connectivity index (χ0n) is 13.8. The second kappa shape index (κ2) is 5.08. The maximum Gasteiger partial charge on any atom is 0.332 e. The largest absolute Gasteiger partial charge is 0.385 e. The van der Waals surface area contributed by atoms with E-state index in [4.69, 9.17) is 5.73 Å². The molecule has 0 heterocycles. The first kappa shape index (κ1) is 15.5. The highest BCUT2D eigenvalue weighted by Gasteiger charge is 2.52. The molecule has 1 fully saturated rings. The SMILES string of the molecule is CC1CC2=C(/C(=N/NC(N)=O)C1)C1(O)CC(C)CC(C)(C2)C1. The van der Waals surface area contributed by atoms with Gasteiger partial charge in [-0.3, -0.25) is 0 Å². The monoisotopic (exact) mass is 305 g/mol. The predicted molar refractivity (Wildman–Crippen MR) is 86.3 cm³/mol. The van der Waals surface area contributed by atoms with Gasteiger partial charge in [-0.2, -0.15) is 5.10 Å². The van der Waals surface area contributed by atoms with E-state index in [2.05, 4.69) is 31.3 Å². The number of hydrazone groups is 1. The van der Waals surface area contributed by atoms with Crippen LogP contribution in [0.25, 0.3) is 0 Å². The van der Waals surface area contributed by atoms with Crippen molar-refractivity contribution in [1.82, 2.24) is 5.43 Å². The molecule has 0 aromatic rings. The van der Waals surface area contributed by atoms with Crippen molar-refractivity contribution in [2.75, 3.05) is 0 Å². The zero-order valence-corrected chi connectivity index (χ0v) is 13.8. The summed E-state index contributed by atoms with van der Waals surface area (Å²) >= 11 is 0. The number of rotatable bonds is 1. The summed E-state index contributed by atoms with van der Waals surface area (Å²) in [5.41, 5.74) is 10.1. The van der Waals surface area contributed by atoms with Gasteiger partial charge in [0, 0.05) is 5.57 Å². The molecule has 0 radical (unpaired) electrons. The highest BCUT2D eigenvalue weighted by Crippen LogP contribution is 2.57. The number of urea groups is 1. The fourth-order valence-electron chi connectivity index (χ4n) is 5.39. The maximum absolute atomic E-state index is 11.4. The molecule has 122 valence electrons. The molecule has 5 heteroatoms. The molecule has 2 amide bonds. The van der Waals surface area contributed by atoms with Crippen molar-refractivity contribution in [3.05, 3.63) is 11.1 Å². The number of primary amides is 1. The third kappa shape index (κ3) is 2.67. The topological polar surface area (TPSA) is 87.7 Å². The summed E-state index contributed by atoms with van der Waals surface area (Å²) in [6.07, 6.45) is 5.60. The van der Waals surface area contributed by atoms with E-state index in [0.29, 0.717) is 11.8 Å². The molecule has 0 spiro atoms. The molecule has 5 nitrogen and oxygen atoms in total. The number of hydrogen-bond donors (Lipinski definition) is 3. The molecular formula is C17H27N3O2. The molecule has 0 aromatic carbocycles. The van der Waals surface area contributed by atoms with E-state index in [0.717, 1.165) is 43.4 Å². The summed E-state index contributed by atoms with van der Waals surface area (Å²) in [5.74, 6) is 0.984. The summed E-state index contributed by atoms with van der Waals surface area (Å²) in [7, 11) is 0. The molecule has 3 aliphatic rings. The molecule has 4 N–H and O–H groups in total. The summed E-state index contributed by atoms with van der Waals surface area (Å²) in [6, 6.07) is -0.655. The Labute approximate surface area is 132 Å². The molecule has 2 bridgehead atoms. The minimum Gasteiger partial charge on any atom is -0.385 e. The number of hydrogen-bond acceptors (Lipinski definition) is 3. The van der Waals surface area contributed by atoms with E-state index in [1.165, 1.54) is 12.0 Å². The van der Waals surface area contributed by atoms with Gasteiger partial charge in [-0.05, 0) is 55.8 Å². The number of allylic oxidation sites excluding steroid dienone is 1. The number of nitrogens with one attached hydrogen (secondary N) is 1. The average Bonchev–Trinajstić information content (AvgIpc) is 2.31. The Balaban J connectivity index is 2.06. The van der Waals surface area contributed by atoms with Crippen LogP contribution in [0, 0.1) is 17.3 Å². The number of carbonyl (C=O) groups is 1. The third-order valence-electron chi connectivity index (χ3n) is 5.43. The van der Waals surface area contributed by atoms with Crippen molar-refractivity contribution in [2.45, 2.75) is 64.9 Å². The number of nitrogens with zero attached hydrogens (tertiary/aromatic N) is 1.